The fourth-order valence-corrected chi connectivity index (χ4v) is 1.68. The summed E-state index contributed by atoms with van der Waals surface area (Å²) in [6.07, 6.45) is -0.457. The lowest BCUT2D eigenvalue weighted by Gasteiger charge is -2.08. The molecule has 3 nitrogen and oxygen atoms in total. The molecule has 92 valence electrons. The van der Waals surface area contributed by atoms with Gasteiger partial charge < -0.3 is 5.11 Å². The number of pyridine rings is 1. The Labute approximate surface area is 102 Å². The normalized spacial score (nSPS) is 10.3. The average molecular weight is 249 g/mol. The highest BCUT2D eigenvalue weighted by Gasteiger charge is 2.14. The molecule has 1 heterocycles. The van der Waals surface area contributed by atoms with Crippen molar-refractivity contribution in [1.82, 2.24) is 4.98 Å². The zero-order valence-corrected chi connectivity index (χ0v) is 9.23. The summed E-state index contributed by atoms with van der Waals surface area (Å²) >= 11 is 0. The molecule has 2 aromatic rings. The highest BCUT2D eigenvalue weighted by Crippen LogP contribution is 2.25. The molecular formula is C13H9F2NO2. The van der Waals surface area contributed by atoms with Crippen LogP contribution in [0.3, 0.4) is 0 Å². The SMILES string of the molecule is O=C(O)Cc1nc(F)ccc1-c1ccccc1F. The fourth-order valence-electron chi connectivity index (χ4n) is 1.68. The highest BCUT2D eigenvalue weighted by atomic mass is 19.1. The smallest absolute Gasteiger partial charge is 0.309 e. The molecule has 0 unspecified atom stereocenters. The largest absolute Gasteiger partial charge is 0.481 e. The monoisotopic (exact) mass is 249 g/mol. The number of benzene rings is 1. The zero-order chi connectivity index (χ0) is 13.1. The van der Waals surface area contributed by atoms with Crippen LogP contribution in [0.1, 0.15) is 5.69 Å². The van der Waals surface area contributed by atoms with Crippen LogP contribution in [-0.2, 0) is 11.2 Å². The summed E-state index contributed by atoms with van der Waals surface area (Å²) in [7, 11) is 0. The molecule has 0 aliphatic heterocycles. The van der Waals surface area contributed by atoms with Gasteiger partial charge in [-0.2, -0.15) is 4.39 Å². The number of carbonyl (C=O) groups is 1. The number of halogens is 2. The van der Waals surface area contributed by atoms with Crippen molar-refractivity contribution in [3.8, 4) is 11.1 Å². The van der Waals surface area contributed by atoms with Gasteiger partial charge in [0.15, 0.2) is 0 Å². The lowest BCUT2D eigenvalue weighted by molar-refractivity contribution is -0.136. The minimum atomic E-state index is -1.15. The number of aromatic nitrogens is 1. The van der Waals surface area contributed by atoms with Crippen LogP contribution < -0.4 is 0 Å². The number of hydrogen-bond donors (Lipinski definition) is 1. The Balaban J connectivity index is 2.57. The second-order valence-electron chi connectivity index (χ2n) is 3.68. The van der Waals surface area contributed by atoms with Gasteiger partial charge in [0.1, 0.15) is 5.82 Å². The summed E-state index contributed by atoms with van der Waals surface area (Å²) < 4.78 is 26.6. The van der Waals surface area contributed by atoms with Gasteiger partial charge in [0.05, 0.1) is 12.1 Å². The van der Waals surface area contributed by atoms with E-state index in [1.807, 2.05) is 0 Å². The molecule has 0 saturated carbocycles. The molecule has 0 aliphatic carbocycles. The Bertz CT molecular complexity index is 599. The van der Waals surface area contributed by atoms with Gasteiger partial charge in [-0.1, -0.05) is 18.2 Å². The number of hydrogen-bond acceptors (Lipinski definition) is 2. The van der Waals surface area contributed by atoms with Crippen LogP contribution in [0.2, 0.25) is 0 Å². The number of carboxylic acid groups (broad SMARTS) is 1. The third kappa shape index (κ3) is 2.51. The van der Waals surface area contributed by atoms with E-state index in [-0.39, 0.29) is 16.8 Å². The first kappa shape index (κ1) is 12.2. The molecule has 0 aliphatic rings. The van der Waals surface area contributed by atoms with Gasteiger partial charge in [0.25, 0.3) is 0 Å². The molecule has 2 rings (SSSR count). The van der Waals surface area contributed by atoms with Crippen molar-refractivity contribution in [3.63, 3.8) is 0 Å². The van der Waals surface area contributed by atoms with E-state index in [1.165, 1.54) is 24.3 Å². The molecule has 1 N–H and O–H groups in total. The van der Waals surface area contributed by atoms with Crippen molar-refractivity contribution >= 4 is 5.97 Å². The summed E-state index contributed by atoms with van der Waals surface area (Å²) in [5.41, 5.74) is 0.505. The van der Waals surface area contributed by atoms with Crippen molar-refractivity contribution < 1.29 is 18.7 Å². The second-order valence-corrected chi connectivity index (χ2v) is 3.68. The molecule has 0 saturated heterocycles. The summed E-state index contributed by atoms with van der Waals surface area (Å²) in [5, 5.41) is 8.74. The van der Waals surface area contributed by atoms with Crippen LogP contribution in [0.5, 0.6) is 0 Å². The van der Waals surface area contributed by atoms with Crippen molar-refractivity contribution in [2.45, 2.75) is 6.42 Å². The van der Waals surface area contributed by atoms with Gasteiger partial charge in [-0.15, -0.1) is 0 Å². The summed E-state index contributed by atoms with van der Waals surface area (Å²) in [4.78, 5) is 14.2. The molecular weight excluding hydrogens is 240 g/mol. The third-order valence-corrected chi connectivity index (χ3v) is 2.42. The van der Waals surface area contributed by atoms with E-state index in [2.05, 4.69) is 4.98 Å². The van der Waals surface area contributed by atoms with E-state index in [1.54, 1.807) is 6.07 Å². The minimum Gasteiger partial charge on any atom is -0.481 e. The van der Waals surface area contributed by atoms with Crippen LogP contribution >= 0.6 is 0 Å². The van der Waals surface area contributed by atoms with Crippen LogP contribution in [0, 0.1) is 11.8 Å². The van der Waals surface area contributed by atoms with E-state index < -0.39 is 24.2 Å². The Hall–Kier alpha value is -2.30. The molecule has 18 heavy (non-hydrogen) atoms. The van der Waals surface area contributed by atoms with Gasteiger partial charge >= 0.3 is 5.97 Å². The standard InChI is InChI=1S/C13H9F2NO2/c14-10-4-2-1-3-8(10)9-5-6-12(15)16-11(9)7-13(17)18/h1-6H,7H2,(H,17,18). The maximum Gasteiger partial charge on any atom is 0.309 e. The van der Waals surface area contributed by atoms with Crippen molar-refractivity contribution in [1.29, 1.82) is 0 Å². The van der Waals surface area contributed by atoms with Crippen molar-refractivity contribution in [2.75, 3.05) is 0 Å². The van der Waals surface area contributed by atoms with E-state index in [4.69, 9.17) is 5.11 Å². The average Bonchev–Trinajstić information content (AvgIpc) is 2.30. The predicted octanol–water partition coefficient (Wildman–Crippen LogP) is 2.65. The summed E-state index contributed by atoms with van der Waals surface area (Å²) in [6, 6.07) is 8.30. The maximum absolute atomic E-state index is 13.6. The van der Waals surface area contributed by atoms with Crippen LogP contribution in [0.25, 0.3) is 11.1 Å². The minimum absolute atomic E-state index is 0.00704. The predicted molar refractivity (Wildman–Crippen MR) is 60.9 cm³/mol. The van der Waals surface area contributed by atoms with E-state index in [9.17, 15) is 13.6 Å². The number of carboxylic acids is 1. The van der Waals surface area contributed by atoms with Crippen LogP contribution in [0.4, 0.5) is 8.78 Å². The summed E-state index contributed by atoms with van der Waals surface area (Å²) in [5.74, 6) is -2.44. The van der Waals surface area contributed by atoms with Crippen LogP contribution in [0.15, 0.2) is 36.4 Å². The molecule has 1 aromatic heterocycles. The molecule has 0 bridgehead atoms. The molecule has 0 amide bonds. The molecule has 1 aromatic carbocycles. The van der Waals surface area contributed by atoms with Crippen molar-refractivity contribution in [2.24, 2.45) is 0 Å². The fraction of sp³-hybridized carbons (Fsp3) is 0.0769. The summed E-state index contributed by atoms with van der Waals surface area (Å²) in [6.45, 7) is 0. The topological polar surface area (TPSA) is 50.2 Å². The lowest BCUT2D eigenvalue weighted by Crippen LogP contribution is -2.06. The number of rotatable bonds is 3. The molecule has 5 heteroatoms. The molecule has 0 radical (unpaired) electrons. The van der Waals surface area contributed by atoms with Gasteiger partial charge in [-0.3, -0.25) is 4.79 Å². The quantitative estimate of drug-likeness (QED) is 0.851. The van der Waals surface area contributed by atoms with E-state index in [0.29, 0.717) is 0 Å². The Morgan fingerprint density at radius 3 is 2.50 bits per heavy atom. The van der Waals surface area contributed by atoms with Gasteiger partial charge in [-0.25, -0.2) is 9.37 Å². The first-order valence-corrected chi connectivity index (χ1v) is 5.20. The molecule has 0 spiro atoms. The third-order valence-electron chi connectivity index (χ3n) is 2.42. The maximum atomic E-state index is 13.6. The lowest BCUT2D eigenvalue weighted by atomic mass is 10.0. The highest BCUT2D eigenvalue weighted by molar-refractivity contribution is 5.75. The molecule has 0 fully saturated rings. The zero-order valence-electron chi connectivity index (χ0n) is 9.23. The Morgan fingerprint density at radius 1 is 1.11 bits per heavy atom. The number of nitrogens with zero attached hydrogens (tertiary/aromatic N) is 1. The molecule has 0 atom stereocenters. The van der Waals surface area contributed by atoms with Gasteiger partial charge in [-0.05, 0) is 18.2 Å². The van der Waals surface area contributed by atoms with E-state index in [0.717, 1.165) is 6.07 Å². The van der Waals surface area contributed by atoms with Gasteiger partial charge in [0.2, 0.25) is 5.95 Å². The first-order valence-electron chi connectivity index (χ1n) is 5.20. The number of aliphatic carboxylic acids is 1. The van der Waals surface area contributed by atoms with E-state index >= 15 is 0 Å². The Morgan fingerprint density at radius 2 is 1.83 bits per heavy atom. The van der Waals surface area contributed by atoms with Gasteiger partial charge in [0, 0.05) is 11.1 Å². The Kier molecular flexibility index (Phi) is 3.32. The second kappa shape index (κ2) is 4.91. The first-order chi connectivity index (χ1) is 8.58. The van der Waals surface area contributed by atoms with Crippen LogP contribution in [-0.4, -0.2) is 16.1 Å². The van der Waals surface area contributed by atoms with Crippen molar-refractivity contribution in [3.05, 3.63) is 53.9 Å².